The number of hydrogen-bond acceptors (Lipinski definition) is 2. The molecule has 2 nitrogen and oxygen atoms in total. The highest BCUT2D eigenvalue weighted by Gasteiger charge is 2.34. The number of nitriles is 1. The molecule has 0 saturated carbocycles. The summed E-state index contributed by atoms with van der Waals surface area (Å²) in [5.74, 6) is 0. The quantitative estimate of drug-likeness (QED) is 0.686. The Bertz CT molecular complexity index is 667. The molecule has 1 fully saturated rings. The molecule has 26 heavy (non-hydrogen) atoms. The van der Waals surface area contributed by atoms with Crippen LogP contribution in [-0.2, 0) is 5.41 Å². The van der Waals surface area contributed by atoms with Crippen LogP contribution in [0.2, 0.25) is 0 Å². The molecule has 0 radical (unpaired) electrons. The molecule has 2 unspecified atom stereocenters. The third-order valence-electron chi connectivity index (χ3n) is 6.07. The van der Waals surface area contributed by atoms with Gasteiger partial charge in [0.25, 0.3) is 0 Å². The normalized spacial score (nSPS) is 21.3. The number of hydrogen-bond donors (Lipinski definition) is 0. The van der Waals surface area contributed by atoms with Crippen LogP contribution < -0.4 is 0 Å². The van der Waals surface area contributed by atoms with E-state index in [1.807, 2.05) is 36.4 Å². The Kier molecular flexibility index (Phi) is 6.12. The van der Waals surface area contributed by atoms with Crippen molar-refractivity contribution < 1.29 is 0 Å². The minimum absolute atomic E-state index is 0.565. The molecular formula is C24H30N2. The lowest BCUT2D eigenvalue weighted by Gasteiger charge is -2.39. The van der Waals surface area contributed by atoms with E-state index in [2.05, 4.69) is 49.1 Å². The van der Waals surface area contributed by atoms with Gasteiger partial charge in [0, 0.05) is 12.1 Å². The summed E-state index contributed by atoms with van der Waals surface area (Å²) < 4.78 is 0. The van der Waals surface area contributed by atoms with Gasteiger partial charge in [-0.15, -0.1) is 0 Å². The van der Waals surface area contributed by atoms with Gasteiger partial charge in [-0.2, -0.15) is 5.26 Å². The van der Waals surface area contributed by atoms with Gasteiger partial charge in [0.05, 0.1) is 6.07 Å². The topological polar surface area (TPSA) is 27.0 Å². The van der Waals surface area contributed by atoms with E-state index in [0.29, 0.717) is 12.1 Å². The summed E-state index contributed by atoms with van der Waals surface area (Å²) in [6, 6.07) is 24.6. The smallest absolute Gasteiger partial charge is 0.107 e. The number of likely N-dealkylation sites (tertiary alicyclic amines) is 1. The Labute approximate surface area is 158 Å². The Hall–Kier alpha value is -2.11. The van der Waals surface area contributed by atoms with Gasteiger partial charge in [-0.05, 0) is 57.2 Å². The zero-order valence-corrected chi connectivity index (χ0v) is 16.1. The first-order valence-corrected chi connectivity index (χ1v) is 9.95. The van der Waals surface area contributed by atoms with Crippen LogP contribution in [0.1, 0.15) is 57.1 Å². The second-order valence-corrected chi connectivity index (χ2v) is 7.72. The van der Waals surface area contributed by atoms with E-state index in [1.54, 1.807) is 0 Å². The molecule has 1 heterocycles. The van der Waals surface area contributed by atoms with Crippen molar-refractivity contribution >= 4 is 0 Å². The first-order valence-electron chi connectivity index (χ1n) is 9.95. The summed E-state index contributed by atoms with van der Waals surface area (Å²) in [6.45, 7) is 5.77. The standard InChI is InChI=1S/C24H30N2/c1-20-11-9-12-21(2)26(20)18-10-17-24(19-25,22-13-5-3-6-14-22)23-15-7-4-8-16-23/h3-8,13-16,20-21H,9-12,17-18H2,1-2H3. The van der Waals surface area contributed by atoms with Gasteiger partial charge in [-0.25, -0.2) is 0 Å². The van der Waals surface area contributed by atoms with Crippen molar-refractivity contribution in [3.05, 3.63) is 71.8 Å². The largest absolute Gasteiger partial charge is 0.298 e. The number of rotatable bonds is 6. The van der Waals surface area contributed by atoms with Crippen molar-refractivity contribution in [2.45, 2.75) is 63.5 Å². The summed E-state index contributed by atoms with van der Waals surface area (Å²) in [4.78, 5) is 2.64. The summed E-state index contributed by atoms with van der Waals surface area (Å²) in [5.41, 5.74) is 1.65. The van der Waals surface area contributed by atoms with Crippen molar-refractivity contribution in [2.75, 3.05) is 6.54 Å². The Morgan fingerprint density at radius 1 is 0.923 bits per heavy atom. The predicted octanol–water partition coefficient (Wildman–Crippen LogP) is 5.54. The van der Waals surface area contributed by atoms with Gasteiger partial charge < -0.3 is 0 Å². The van der Waals surface area contributed by atoms with Gasteiger partial charge in [0.1, 0.15) is 5.41 Å². The molecule has 2 aromatic rings. The fraction of sp³-hybridized carbons (Fsp3) is 0.458. The van der Waals surface area contributed by atoms with E-state index in [-0.39, 0.29) is 0 Å². The summed E-state index contributed by atoms with van der Waals surface area (Å²) in [6.07, 6.45) is 5.82. The molecule has 2 heteroatoms. The van der Waals surface area contributed by atoms with Gasteiger partial charge in [0.2, 0.25) is 0 Å². The highest BCUT2D eigenvalue weighted by molar-refractivity contribution is 5.45. The number of nitrogens with zero attached hydrogens (tertiary/aromatic N) is 2. The summed E-state index contributed by atoms with van der Waals surface area (Å²) in [7, 11) is 0. The lowest BCUT2D eigenvalue weighted by Crippen LogP contribution is -2.44. The van der Waals surface area contributed by atoms with Crippen molar-refractivity contribution in [2.24, 2.45) is 0 Å². The second-order valence-electron chi connectivity index (χ2n) is 7.72. The third kappa shape index (κ3) is 3.84. The molecule has 1 saturated heterocycles. The van der Waals surface area contributed by atoms with Crippen LogP contribution >= 0.6 is 0 Å². The van der Waals surface area contributed by atoms with Gasteiger partial charge >= 0.3 is 0 Å². The molecule has 0 amide bonds. The zero-order valence-electron chi connectivity index (χ0n) is 16.1. The van der Waals surface area contributed by atoms with Crippen molar-refractivity contribution in [3.8, 4) is 6.07 Å². The van der Waals surface area contributed by atoms with Crippen LogP contribution in [0.3, 0.4) is 0 Å². The van der Waals surface area contributed by atoms with Crippen LogP contribution in [0.5, 0.6) is 0 Å². The zero-order chi connectivity index (χ0) is 18.4. The molecule has 1 aliphatic rings. The maximum atomic E-state index is 10.3. The summed E-state index contributed by atoms with van der Waals surface area (Å²) in [5, 5.41) is 10.3. The predicted molar refractivity (Wildman–Crippen MR) is 108 cm³/mol. The highest BCUT2D eigenvalue weighted by Crippen LogP contribution is 2.36. The lowest BCUT2D eigenvalue weighted by molar-refractivity contribution is 0.100. The molecule has 1 aliphatic heterocycles. The van der Waals surface area contributed by atoms with Crippen LogP contribution in [0.25, 0.3) is 0 Å². The van der Waals surface area contributed by atoms with E-state index in [0.717, 1.165) is 30.5 Å². The number of benzene rings is 2. The average Bonchev–Trinajstić information content (AvgIpc) is 2.69. The maximum absolute atomic E-state index is 10.3. The molecule has 0 spiro atoms. The van der Waals surface area contributed by atoms with Crippen molar-refractivity contribution in [1.82, 2.24) is 4.90 Å². The fourth-order valence-electron chi connectivity index (χ4n) is 4.53. The van der Waals surface area contributed by atoms with E-state index in [4.69, 9.17) is 0 Å². The Balaban J connectivity index is 1.82. The number of piperidine rings is 1. The third-order valence-corrected chi connectivity index (χ3v) is 6.07. The first kappa shape index (κ1) is 18.7. The minimum atomic E-state index is -0.565. The molecule has 0 bridgehead atoms. The highest BCUT2D eigenvalue weighted by atomic mass is 15.2. The van der Waals surface area contributed by atoms with Crippen molar-refractivity contribution in [3.63, 3.8) is 0 Å². The van der Waals surface area contributed by atoms with Crippen LogP contribution in [0.15, 0.2) is 60.7 Å². The fourth-order valence-corrected chi connectivity index (χ4v) is 4.53. The molecule has 0 aliphatic carbocycles. The second kappa shape index (κ2) is 8.52. The van der Waals surface area contributed by atoms with Crippen LogP contribution in [0, 0.1) is 11.3 Å². The molecule has 2 aromatic carbocycles. The average molecular weight is 347 g/mol. The lowest BCUT2D eigenvalue weighted by atomic mass is 9.72. The van der Waals surface area contributed by atoms with E-state index in [9.17, 15) is 5.26 Å². The molecule has 136 valence electrons. The first-order chi connectivity index (χ1) is 12.7. The SMILES string of the molecule is CC1CCCC(C)N1CCCC(C#N)(c1ccccc1)c1ccccc1. The van der Waals surface area contributed by atoms with Gasteiger partial charge in [0.15, 0.2) is 0 Å². The minimum Gasteiger partial charge on any atom is -0.298 e. The van der Waals surface area contributed by atoms with Gasteiger partial charge in [-0.1, -0.05) is 67.1 Å². The molecule has 3 rings (SSSR count). The Morgan fingerprint density at radius 3 is 1.88 bits per heavy atom. The van der Waals surface area contributed by atoms with Crippen LogP contribution in [0.4, 0.5) is 0 Å². The molecule has 0 N–H and O–H groups in total. The Morgan fingerprint density at radius 2 is 1.42 bits per heavy atom. The van der Waals surface area contributed by atoms with E-state index >= 15 is 0 Å². The van der Waals surface area contributed by atoms with Crippen LogP contribution in [-0.4, -0.2) is 23.5 Å². The molecular weight excluding hydrogens is 316 g/mol. The van der Waals surface area contributed by atoms with E-state index < -0.39 is 5.41 Å². The van der Waals surface area contributed by atoms with E-state index in [1.165, 1.54) is 19.3 Å². The van der Waals surface area contributed by atoms with Gasteiger partial charge in [-0.3, -0.25) is 4.90 Å². The van der Waals surface area contributed by atoms with Crippen molar-refractivity contribution in [1.29, 1.82) is 5.26 Å². The monoisotopic (exact) mass is 346 g/mol. The summed E-state index contributed by atoms with van der Waals surface area (Å²) >= 11 is 0. The molecule has 0 aromatic heterocycles. The molecule has 2 atom stereocenters. The maximum Gasteiger partial charge on any atom is 0.107 e.